The summed E-state index contributed by atoms with van der Waals surface area (Å²) in [5.41, 5.74) is 2.49. The minimum atomic E-state index is -0.226. The van der Waals surface area contributed by atoms with E-state index in [1.54, 1.807) is 6.08 Å². The Morgan fingerprint density at radius 3 is 2.79 bits per heavy atom. The smallest absolute Gasteiger partial charge is 0.211 e. The van der Waals surface area contributed by atoms with Gasteiger partial charge in [0, 0.05) is 0 Å². The number of benzene rings is 1. The van der Waals surface area contributed by atoms with Crippen molar-refractivity contribution in [3.8, 4) is 0 Å². The van der Waals surface area contributed by atoms with Crippen LogP contribution in [-0.4, -0.2) is 11.6 Å². The highest BCUT2D eigenvalue weighted by atomic mass is 16.1. The molecule has 1 aromatic rings. The van der Waals surface area contributed by atoms with Gasteiger partial charge in [0.1, 0.15) is 0 Å². The van der Waals surface area contributed by atoms with Crippen molar-refractivity contribution in [3.63, 3.8) is 0 Å². The van der Waals surface area contributed by atoms with Gasteiger partial charge in [0.2, 0.25) is 6.08 Å². The Bertz CT molecular complexity index is 393. The van der Waals surface area contributed by atoms with Crippen LogP contribution in [0, 0.1) is 0 Å². The Kier molecular flexibility index (Phi) is 2.22. The van der Waals surface area contributed by atoms with Gasteiger partial charge in [-0.3, -0.25) is 0 Å². The molecule has 1 unspecified atom stereocenters. The lowest BCUT2D eigenvalue weighted by Crippen LogP contribution is -2.30. The second-order valence-electron chi connectivity index (χ2n) is 4.15. The zero-order chi connectivity index (χ0) is 10.0. The van der Waals surface area contributed by atoms with Crippen molar-refractivity contribution >= 4 is 6.08 Å². The molecule has 2 heteroatoms. The first-order chi connectivity index (χ1) is 6.73. The highest BCUT2D eigenvalue weighted by Crippen LogP contribution is 2.30. The lowest BCUT2D eigenvalue weighted by molar-refractivity contribution is 0.408. The molecular formula is C12H13NO. The molecular weight excluding hydrogens is 174 g/mol. The normalized spacial score (nSPS) is 24.9. The monoisotopic (exact) mass is 187 g/mol. The quantitative estimate of drug-likeness (QED) is 0.490. The molecule has 0 aromatic heterocycles. The molecule has 0 heterocycles. The Labute approximate surface area is 83.7 Å². The van der Waals surface area contributed by atoms with Gasteiger partial charge in [0.05, 0.1) is 5.54 Å². The summed E-state index contributed by atoms with van der Waals surface area (Å²) in [5.74, 6) is 0. The van der Waals surface area contributed by atoms with Crippen molar-refractivity contribution in [1.29, 1.82) is 0 Å². The van der Waals surface area contributed by atoms with Gasteiger partial charge in [-0.15, -0.1) is 0 Å². The van der Waals surface area contributed by atoms with Crippen LogP contribution in [0.5, 0.6) is 0 Å². The summed E-state index contributed by atoms with van der Waals surface area (Å²) in [6, 6.07) is 8.37. The number of aliphatic imine (C=N–C) groups is 1. The summed E-state index contributed by atoms with van der Waals surface area (Å²) in [6.45, 7) is 2.02. The summed E-state index contributed by atoms with van der Waals surface area (Å²) in [7, 11) is 0. The summed E-state index contributed by atoms with van der Waals surface area (Å²) in [6.07, 6.45) is 4.50. The van der Waals surface area contributed by atoms with E-state index in [0.29, 0.717) is 0 Å². The molecule has 1 atom stereocenters. The molecule has 0 bridgehead atoms. The minimum Gasteiger partial charge on any atom is -0.211 e. The molecule has 72 valence electrons. The van der Waals surface area contributed by atoms with Crippen LogP contribution in [0.4, 0.5) is 0 Å². The van der Waals surface area contributed by atoms with E-state index in [9.17, 15) is 4.79 Å². The largest absolute Gasteiger partial charge is 0.235 e. The molecule has 14 heavy (non-hydrogen) atoms. The van der Waals surface area contributed by atoms with Crippen LogP contribution >= 0.6 is 0 Å². The van der Waals surface area contributed by atoms with E-state index in [4.69, 9.17) is 0 Å². The third-order valence-corrected chi connectivity index (χ3v) is 2.94. The van der Waals surface area contributed by atoms with Gasteiger partial charge < -0.3 is 0 Å². The second kappa shape index (κ2) is 3.39. The van der Waals surface area contributed by atoms with Gasteiger partial charge in [0.15, 0.2) is 0 Å². The molecule has 0 amide bonds. The van der Waals surface area contributed by atoms with Gasteiger partial charge in [-0.05, 0) is 37.3 Å². The second-order valence-corrected chi connectivity index (χ2v) is 4.15. The van der Waals surface area contributed by atoms with E-state index >= 15 is 0 Å². The Morgan fingerprint density at radius 2 is 2.07 bits per heavy atom. The van der Waals surface area contributed by atoms with Crippen LogP contribution < -0.4 is 0 Å². The zero-order valence-electron chi connectivity index (χ0n) is 8.29. The average Bonchev–Trinajstić information content (AvgIpc) is 2.17. The molecule has 0 aliphatic heterocycles. The summed E-state index contributed by atoms with van der Waals surface area (Å²) < 4.78 is 0. The Morgan fingerprint density at radius 1 is 1.36 bits per heavy atom. The predicted octanol–water partition coefficient (Wildman–Crippen LogP) is 2.27. The molecule has 0 saturated carbocycles. The first kappa shape index (κ1) is 9.17. The lowest BCUT2D eigenvalue weighted by Gasteiger charge is -2.29. The fraction of sp³-hybridized carbons (Fsp3) is 0.417. The number of isocyanates is 1. The fourth-order valence-electron chi connectivity index (χ4n) is 2.08. The molecule has 1 aliphatic carbocycles. The standard InChI is InChI=1S/C12H13NO/c1-12(13-9-14)7-6-10-4-2-3-5-11(10)8-12/h2-5H,6-8H2,1H3. The number of carbonyl (C=O) groups excluding carboxylic acids is 1. The molecule has 2 nitrogen and oxygen atoms in total. The molecule has 0 saturated heterocycles. The van der Waals surface area contributed by atoms with Gasteiger partial charge in [-0.2, -0.15) is 4.99 Å². The number of aryl methyl sites for hydroxylation is 1. The van der Waals surface area contributed by atoms with Crippen LogP contribution in [0.3, 0.4) is 0 Å². The third-order valence-electron chi connectivity index (χ3n) is 2.94. The number of hydrogen-bond donors (Lipinski definition) is 0. The molecule has 0 N–H and O–H groups in total. The van der Waals surface area contributed by atoms with Crippen LogP contribution in [0.1, 0.15) is 24.5 Å². The maximum absolute atomic E-state index is 10.3. The van der Waals surface area contributed by atoms with E-state index in [1.165, 1.54) is 11.1 Å². The highest BCUT2D eigenvalue weighted by molar-refractivity contribution is 5.38. The molecule has 1 aromatic carbocycles. The highest BCUT2D eigenvalue weighted by Gasteiger charge is 2.28. The van der Waals surface area contributed by atoms with Crippen LogP contribution in [0.15, 0.2) is 29.3 Å². The topological polar surface area (TPSA) is 29.4 Å². The van der Waals surface area contributed by atoms with Crippen molar-refractivity contribution in [2.24, 2.45) is 4.99 Å². The average molecular weight is 187 g/mol. The maximum atomic E-state index is 10.3. The SMILES string of the molecule is CC1(N=C=O)CCc2ccccc2C1. The predicted molar refractivity (Wildman–Crippen MR) is 55.0 cm³/mol. The molecule has 0 radical (unpaired) electrons. The third kappa shape index (κ3) is 1.61. The Balaban J connectivity index is 2.33. The number of nitrogens with zero attached hydrogens (tertiary/aromatic N) is 1. The van der Waals surface area contributed by atoms with Crippen LogP contribution in [0.25, 0.3) is 0 Å². The van der Waals surface area contributed by atoms with Gasteiger partial charge >= 0.3 is 0 Å². The number of fused-ring (bicyclic) bond motifs is 1. The van der Waals surface area contributed by atoms with E-state index in [-0.39, 0.29) is 5.54 Å². The lowest BCUT2D eigenvalue weighted by atomic mass is 9.80. The van der Waals surface area contributed by atoms with E-state index in [2.05, 4.69) is 23.2 Å². The van der Waals surface area contributed by atoms with E-state index < -0.39 is 0 Å². The number of hydrogen-bond acceptors (Lipinski definition) is 2. The van der Waals surface area contributed by atoms with E-state index in [0.717, 1.165) is 19.3 Å². The van der Waals surface area contributed by atoms with Crippen molar-refractivity contribution in [3.05, 3.63) is 35.4 Å². The summed E-state index contributed by atoms with van der Waals surface area (Å²) in [5, 5.41) is 0. The Hall–Kier alpha value is -1.40. The number of rotatable bonds is 1. The first-order valence-electron chi connectivity index (χ1n) is 4.89. The fourth-order valence-corrected chi connectivity index (χ4v) is 2.08. The molecule has 0 fully saturated rings. The van der Waals surface area contributed by atoms with Gasteiger partial charge in [-0.25, -0.2) is 4.79 Å². The van der Waals surface area contributed by atoms with Crippen molar-refractivity contribution < 1.29 is 4.79 Å². The van der Waals surface area contributed by atoms with Crippen LogP contribution in [-0.2, 0) is 17.6 Å². The summed E-state index contributed by atoms with van der Waals surface area (Å²) >= 11 is 0. The molecule has 2 rings (SSSR count). The minimum absolute atomic E-state index is 0.226. The van der Waals surface area contributed by atoms with Crippen molar-refractivity contribution in [1.82, 2.24) is 0 Å². The molecule has 0 spiro atoms. The zero-order valence-corrected chi connectivity index (χ0v) is 8.29. The van der Waals surface area contributed by atoms with Crippen molar-refractivity contribution in [2.45, 2.75) is 31.7 Å². The first-order valence-corrected chi connectivity index (χ1v) is 4.89. The molecule has 1 aliphatic rings. The van der Waals surface area contributed by atoms with Gasteiger partial charge in [-0.1, -0.05) is 24.3 Å². The van der Waals surface area contributed by atoms with E-state index in [1.807, 2.05) is 13.0 Å². The maximum Gasteiger partial charge on any atom is 0.235 e. The summed E-state index contributed by atoms with van der Waals surface area (Å²) in [4.78, 5) is 14.2. The van der Waals surface area contributed by atoms with Crippen LogP contribution in [0.2, 0.25) is 0 Å². The van der Waals surface area contributed by atoms with Crippen molar-refractivity contribution in [2.75, 3.05) is 0 Å². The van der Waals surface area contributed by atoms with Gasteiger partial charge in [0.25, 0.3) is 0 Å².